The third kappa shape index (κ3) is 7.40. The van der Waals surface area contributed by atoms with E-state index in [4.69, 9.17) is 4.42 Å². The van der Waals surface area contributed by atoms with Crippen molar-refractivity contribution in [2.45, 2.75) is 102 Å². The Labute approximate surface area is 537 Å². The maximum absolute atomic E-state index is 6.82. The number of thiophene rings is 1. The number of rotatable bonds is 6. The molecule has 440 valence electrons. The van der Waals surface area contributed by atoms with Crippen molar-refractivity contribution in [2.24, 2.45) is 5.41 Å². The first-order valence-electron chi connectivity index (χ1n) is 33.3. The molecular weight excluding hydrogens is 1120 g/mol. The number of anilines is 8. The number of para-hydroxylation sites is 1. The number of hydrogen-bond acceptors (Lipinski definition) is 5. The first-order chi connectivity index (χ1) is 44.5. The molecule has 0 radical (unpaired) electrons. The van der Waals surface area contributed by atoms with Crippen molar-refractivity contribution in [2.75, 3.05) is 14.7 Å². The number of aryl methyl sites for hydroxylation is 1. The zero-order chi connectivity index (χ0) is 60.7. The lowest BCUT2D eigenvalue weighted by molar-refractivity contribution is 0.138. The summed E-state index contributed by atoms with van der Waals surface area (Å²) >= 11 is 1.90. The van der Waals surface area contributed by atoms with E-state index >= 15 is 0 Å². The minimum atomic E-state index is -0.157. The van der Waals surface area contributed by atoms with Gasteiger partial charge in [-0.15, -0.1) is 11.3 Å². The molecule has 6 heteroatoms. The van der Waals surface area contributed by atoms with Gasteiger partial charge >= 0.3 is 0 Å². The molecule has 5 heterocycles. The smallest absolute Gasteiger partial charge is 0.252 e. The highest BCUT2D eigenvalue weighted by Gasteiger charge is 2.58. The Morgan fingerprint density at radius 1 is 0.418 bits per heavy atom. The van der Waals surface area contributed by atoms with Gasteiger partial charge in [0.1, 0.15) is 11.2 Å². The van der Waals surface area contributed by atoms with Crippen LogP contribution >= 0.6 is 11.3 Å². The first-order valence-corrected chi connectivity index (χ1v) is 34.1. The molecule has 2 saturated carbocycles. The highest BCUT2D eigenvalue weighted by molar-refractivity contribution is 7.26. The van der Waals surface area contributed by atoms with Crippen LogP contribution < -0.4 is 31.1 Å². The third-order valence-electron chi connectivity index (χ3n) is 23.6. The van der Waals surface area contributed by atoms with Gasteiger partial charge in [0.05, 0.1) is 22.3 Å². The summed E-state index contributed by atoms with van der Waals surface area (Å²) in [5.74, 6) is 0. The minimum Gasteiger partial charge on any atom is -0.456 e. The van der Waals surface area contributed by atoms with E-state index in [2.05, 4.69) is 286 Å². The van der Waals surface area contributed by atoms with Crippen LogP contribution in [0.25, 0.3) is 69.9 Å². The average molecular weight is 1190 g/mol. The summed E-state index contributed by atoms with van der Waals surface area (Å²) in [6.45, 7) is 12.5. The SMILES string of the molecule is Cc1cc2c3c(c1)N(c1cccc4sc5ccccc5c14)c1cc(N4c5ccc(-c6ccccc6)cc5C5(C)CCCCC45C)ccc1B3c1ccc(C3=CC4(C)CCCCC4(C)c4cc(-c5ccccc5)ccc43)cc1N2c1cccc2oc3ccccc3c12. The molecule has 19 rings (SSSR count). The van der Waals surface area contributed by atoms with E-state index in [1.165, 1.54) is 164 Å². The Hall–Kier alpha value is -9.36. The summed E-state index contributed by atoms with van der Waals surface area (Å²) in [4.78, 5) is 8.14. The first kappa shape index (κ1) is 53.5. The standard InChI is InChI=1S/C85H70BN3OS/c1-53-46-73-81-74(47-53)88(70-29-21-33-78-80(70)62-27-13-15-32-77(62)91-78)72-51-59(89-68-41-36-57(55-24-10-7-11-25-55)49-65(68)84(4)44-18-19-45-85(84,89)5)37-40-67(72)86(81)66-39-35-58(50-71(66)87(73)69-28-20-31-76-79(69)61-26-12-14-30-75(61)90-76)63-52-82(2)42-16-17-43-83(82,3)64-48-56(34-38-60(63)64)54-22-8-6-9-23-54/h6-15,20-41,46-52H,16-19,42-45H2,1-5H3. The van der Waals surface area contributed by atoms with Crippen LogP contribution in [-0.2, 0) is 10.8 Å². The zero-order valence-corrected chi connectivity index (χ0v) is 53.2. The van der Waals surface area contributed by atoms with Crippen LogP contribution in [0.3, 0.4) is 0 Å². The lowest BCUT2D eigenvalue weighted by Gasteiger charge is -2.53. The molecule has 11 aromatic carbocycles. The van der Waals surface area contributed by atoms with Gasteiger partial charge in [0.15, 0.2) is 0 Å². The molecule has 4 nitrogen and oxygen atoms in total. The number of allylic oxidation sites excluding steroid dienone is 1. The predicted octanol–water partition coefficient (Wildman–Crippen LogP) is 21.7. The van der Waals surface area contributed by atoms with Gasteiger partial charge in [-0.25, -0.2) is 0 Å². The molecule has 0 amide bonds. The molecule has 91 heavy (non-hydrogen) atoms. The largest absolute Gasteiger partial charge is 0.456 e. The molecule has 4 atom stereocenters. The molecule has 0 N–H and O–H groups in total. The second-order valence-electron chi connectivity index (χ2n) is 28.2. The van der Waals surface area contributed by atoms with Crippen molar-refractivity contribution in [3.8, 4) is 22.3 Å². The molecule has 3 aliphatic carbocycles. The van der Waals surface area contributed by atoms with E-state index in [0.29, 0.717) is 0 Å². The Balaban J connectivity index is 0.882. The van der Waals surface area contributed by atoms with E-state index in [1.54, 1.807) is 0 Å². The van der Waals surface area contributed by atoms with Gasteiger partial charge in [0, 0.05) is 70.5 Å². The van der Waals surface area contributed by atoms with Crippen LogP contribution in [0.2, 0.25) is 0 Å². The third-order valence-corrected chi connectivity index (χ3v) is 24.7. The highest BCUT2D eigenvalue weighted by atomic mass is 32.1. The van der Waals surface area contributed by atoms with Gasteiger partial charge in [0.25, 0.3) is 6.71 Å². The van der Waals surface area contributed by atoms with Gasteiger partial charge < -0.3 is 19.1 Å². The predicted molar refractivity (Wildman–Crippen MR) is 386 cm³/mol. The Bertz CT molecular complexity index is 5270. The minimum absolute atomic E-state index is 0.00851. The second-order valence-corrected chi connectivity index (χ2v) is 29.3. The van der Waals surface area contributed by atoms with Crippen molar-refractivity contribution < 1.29 is 4.42 Å². The van der Waals surface area contributed by atoms with Gasteiger partial charge in [-0.1, -0.05) is 198 Å². The fraction of sp³-hybridized carbons (Fsp3) is 0.200. The average Bonchev–Trinajstić information content (AvgIpc) is 1.63. The maximum Gasteiger partial charge on any atom is 0.252 e. The lowest BCUT2D eigenvalue weighted by atomic mass is 9.33. The van der Waals surface area contributed by atoms with Crippen LogP contribution in [0.15, 0.2) is 241 Å². The molecule has 2 fully saturated rings. The van der Waals surface area contributed by atoms with Crippen LogP contribution in [0.4, 0.5) is 45.5 Å². The summed E-state index contributed by atoms with van der Waals surface area (Å²) in [5.41, 5.74) is 28.5. The number of benzene rings is 11. The Morgan fingerprint density at radius 2 is 1.01 bits per heavy atom. The second kappa shape index (κ2) is 19.3. The fourth-order valence-corrected chi connectivity index (χ4v) is 19.8. The number of hydrogen-bond donors (Lipinski definition) is 0. The molecule has 4 unspecified atom stereocenters. The van der Waals surface area contributed by atoms with Crippen molar-refractivity contribution in [1.82, 2.24) is 0 Å². The van der Waals surface area contributed by atoms with Crippen molar-refractivity contribution in [1.29, 1.82) is 0 Å². The van der Waals surface area contributed by atoms with Gasteiger partial charge in [-0.2, -0.15) is 0 Å². The number of fused-ring (bicyclic) bond motifs is 16. The molecule has 13 aromatic rings. The van der Waals surface area contributed by atoms with E-state index in [9.17, 15) is 0 Å². The van der Waals surface area contributed by atoms with E-state index in [1.807, 2.05) is 11.3 Å². The lowest BCUT2D eigenvalue weighted by Crippen LogP contribution is -2.61. The topological polar surface area (TPSA) is 22.9 Å². The van der Waals surface area contributed by atoms with Gasteiger partial charge in [-0.3, -0.25) is 0 Å². The van der Waals surface area contributed by atoms with Crippen LogP contribution in [-0.4, -0.2) is 12.3 Å². The van der Waals surface area contributed by atoms with Gasteiger partial charge in [-0.05, 0) is 202 Å². The maximum atomic E-state index is 6.82. The number of nitrogens with zero attached hydrogens (tertiary/aromatic N) is 3. The molecule has 0 spiro atoms. The van der Waals surface area contributed by atoms with E-state index < -0.39 is 0 Å². The molecular formula is C85H70BN3OS. The summed E-state index contributed by atoms with van der Waals surface area (Å²) in [6.07, 6.45) is 12.2. The monoisotopic (exact) mass is 1190 g/mol. The van der Waals surface area contributed by atoms with Crippen molar-refractivity contribution in [3.63, 3.8) is 0 Å². The molecule has 3 aliphatic heterocycles. The Morgan fingerprint density at radius 3 is 1.78 bits per heavy atom. The van der Waals surface area contributed by atoms with Crippen LogP contribution in [0.1, 0.15) is 107 Å². The van der Waals surface area contributed by atoms with Crippen LogP contribution in [0, 0.1) is 12.3 Å². The Kier molecular flexibility index (Phi) is 11.4. The molecule has 0 bridgehead atoms. The highest BCUT2D eigenvalue weighted by Crippen LogP contribution is 2.63. The summed E-state index contributed by atoms with van der Waals surface area (Å²) in [5, 5.41) is 4.84. The molecule has 0 saturated heterocycles. The van der Waals surface area contributed by atoms with Crippen molar-refractivity contribution >= 4 is 128 Å². The van der Waals surface area contributed by atoms with E-state index in [0.717, 1.165) is 46.9 Å². The molecule has 2 aromatic heterocycles. The quantitative estimate of drug-likeness (QED) is 0.155. The zero-order valence-electron chi connectivity index (χ0n) is 52.4. The fourth-order valence-electron chi connectivity index (χ4n) is 18.7. The van der Waals surface area contributed by atoms with E-state index in [-0.39, 0.29) is 28.5 Å². The van der Waals surface area contributed by atoms with Crippen molar-refractivity contribution in [3.05, 3.63) is 264 Å². The summed E-state index contributed by atoms with van der Waals surface area (Å²) in [6, 6.07) is 88.5. The van der Waals surface area contributed by atoms with Crippen LogP contribution in [0.5, 0.6) is 0 Å². The molecule has 6 aliphatic rings. The van der Waals surface area contributed by atoms with Gasteiger partial charge in [0.2, 0.25) is 0 Å². The number of furan rings is 1. The summed E-state index contributed by atoms with van der Waals surface area (Å²) in [7, 11) is 0. The normalized spacial score (nSPS) is 21.9. The summed E-state index contributed by atoms with van der Waals surface area (Å²) < 4.78 is 9.42.